The third-order valence-corrected chi connectivity index (χ3v) is 4.89. The molecule has 5 heteroatoms. The average Bonchev–Trinajstić information content (AvgIpc) is 2.58. The van der Waals surface area contributed by atoms with Crippen LogP contribution in [0, 0.1) is 0 Å². The molecule has 0 amide bonds. The highest BCUT2D eigenvalue weighted by Gasteiger charge is 2.15. The van der Waals surface area contributed by atoms with Crippen LogP contribution in [0.5, 0.6) is 0 Å². The summed E-state index contributed by atoms with van der Waals surface area (Å²) in [6, 6.07) is 9.71. The first-order valence-electron chi connectivity index (χ1n) is 4.89. The van der Waals surface area contributed by atoms with Gasteiger partial charge in [-0.1, -0.05) is 62.9 Å². The summed E-state index contributed by atoms with van der Waals surface area (Å²) in [5.41, 5.74) is 2.19. The van der Waals surface area contributed by atoms with Gasteiger partial charge in [-0.2, -0.15) is 0 Å². The van der Waals surface area contributed by atoms with E-state index in [4.69, 9.17) is 34.8 Å². The smallest absolute Gasteiger partial charge is 0.0987 e. The maximum atomic E-state index is 6.12. The average molecular weight is 371 g/mol. The molecule has 0 spiro atoms. The van der Waals surface area contributed by atoms with Crippen molar-refractivity contribution in [3.05, 3.63) is 55.2 Å². The molecule has 2 rings (SSSR count). The van der Waals surface area contributed by atoms with E-state index in [9.17, 15) is 0 Å². The molecule has 0 aliphatic rings. The number of thiophene rings is 1. The molecule has 0 saturated heterocycles. The molecular weight excluding hydrogens is 362 g/mol. The lowest BCUT2D eigenvalue weighted by atomic mass is 10.1. The number of benzene rings is 1. The fourth-order valence-corrected chi connectivity index (χ4v) is 4.36. The largest absolute Gasteiger partial charge is 0.111 e. The lowest BCUT2D eigenvalue weighted by molar-refractivity contribution is 0.955. The second kappa shape index (κ2) is 5.94. The lowest BCUT2D eigenvalue weighted by Crippen LogP contribution is -1.94. The number of hydrogen-bond donors (Lipinski definition) is 0. The fraction of sp³-hybridized carbons (Fsp3) is 0.167. The Kier molecular flexibility index (Phi) is 4.79. The van der Waals surface area contributed by atoms with E-state index in [1.54, 1.807) is 0 Å². The minimum Gasteiger partial charge on any atom is -0.111 e. The van der Waals surface area contributed by atoms with Crippen LogP contribution in [0.1, 0.15) is 16.0 Å². The van der Waals surface area contributed by atoms with Crippen LogP contribution >= 0.6 is 62.1 Å². The Morgan fingerprint density at radius 3 is 2.53 bits per heavy atom. The molecule has 0 bridgehead atoms. The Bertz CT molecular complexity index is 524. The van der Waals surface area contributed by atoms with Gasteiger partial charge in [-0.05, 0) is 35.7 Å². The van der Waals surface area contributed by atoms with Crippen molar-refractivity contribution in [3.8, 4) is 0 Å². The van der Waals surface area contributed by atoms with Gasteiger partial charge in [0.1, 0.15) is 0 Å². The number of halogens is 4. The predicted octanol–water partition coefficient (Wildman–Crippen LogP) is 6.39. The Labute approximate surface area is 128 Å². The van der Waals surface area contributed by atoms with E-state index in [0.29, 0.717) is 4.34 Å². The summed E-state index contributed by atoms with van der Waals surface area (Å²) in [6.07, 6.45) is 0.827. The van der Waals surface area contributed by atoms with E-state index >= 15 is 0 Å². The van der Waals surface area contributed by atoms with Crippen LogP contribution in [0.4, 0.5) is 0 Å². The number of hydrogen-bond acceptors (Lipinski definition) is 1. The third-order valence-electron chi connectivity index (χ3n) is 2.32. The topological polar surface area (TPSA) is 0 Å². The minimum absolute atomic E-state index is 0.150. The maximum Gasteiger partial charge on any atom is 0.0987 e. The zero-order valence-electron chi connectivity index (χ0n) is 8.59. The standard InChI is InChI=1S/C12H8BrCl3S/c13-10(9-6-11(15)17-12(9)16)5-7-2-1-3-8(14)4-7/h1-4,6,10H,5H2. The van der Waals surface area contributed by atoms with Gasteiger partial charge in [-0.15, -0.1) is 11.3 Å². The van der Waals surface area contributed by atoms with Gasteiger partial charge in [0.2, 0.25) is 0 Å². The molecule has 2 aromatic rings. The minimum atomic E-state index is 0.150. The normalized spacial score (nSPS) is 12.7. The SMILES string of the molecule is Clc1cccc(CC(Br)c2cc(Cl)sc2Cl)c1. The monoisotopic (exact) mass is 368 g/mol. The van der Waals surface area contributed by atoms with Crippen molar-refractivity contribution in [2.45, 2.75) is 11.2 Å². The molecule has 17 heavy (non-hydrogen) atoms. The van der Waals surface area contributed by atoms with Gasteiger partial charge >= 0.3 is 0 Å². The molecule has 0 N–H and O–H groups in total. The van der Waals surface area contributed by atoms with Crippen LogP contribution in [0.3, 0.4) is 0 Å². The highest BCUT2D eigenvalue weighted by Crippen LogP contribution is 2.39. The molecular formula is C12H8BrCl3S. The molecule has 1 atom stereocenters. The molecule has 0 aliphatic carbocycles. The molecule has 90 valence electrons. The van der Waals surface area contributed by atoms with Crippen molar-refractivity contribution >= 4 is 62.1 Å². The number of rotatable bonds is 3. The molecule has 1 unspecified atom stereocenters. The lowest BCUT2D eigenvalue weighted by Gasteiger charge is -2.09. The molecule has 0 aliphatic heterocycles. The van der Waals surface area contributed by atoms with Crippen LogP contribution < -0.4 is 0 Å². The zero-order chi connectivity index (χ0) is 12.4. The zero-order valence-corrected chi connectivity index (χ0v) is 13.3. The van der Waals surface area contributed by atoms with Gasteiger partial charge in [0.15, 0.2) is 0 Å². The summed E-state index contributed by atoms with van der Waals surface area (Å²) in [6.45, 7) is 0. The second-order valence-corrected chi connectivity index (χ2v) is 7.41. The molecule has 0 fully saturated rings. The van der Waals surface area contributed by atoms with E-state index in [1.807, 2.05) is 30.3 Å². The van der Waals surface area contributed by atoms with Crippen molar-refractivity contribution in [3.63, 3.8) is 0 Å². The molecule has 1 aromatic carbocycles. The van der Waals surface area contributed by atoms with Crippen LogP contribution in [-0.4, -0.2) is 0 Å². The van der Waals surface area contributed by atoms with Crippen LogP contribution in [0.2, 0.25) is 13.7 Å². The molecule has 1 aromatic heterocycles. The van der Waals surface area contributed by atoms with E-state index in [-0.39, 0.29) is 4.83 Å². The Morgan fingerprint density at radius 1 is 1.18 bits per heavy atom. The Morgan fingerprint density at radius 2 is 1.94 bits per heavy atom. The van der Waals surface area contributed by atoms with Crippen molar-refractivity contribution in [1.82, 2.24) is 0 Å². The first-order valence-corrected chi connectivity index (χ1v) is 7.76. The number of alkyl halides is 1. The van der Waals surface area contributed by atoms with Crippen LogP contribution in [0.15, 0.2) is 30.3 Å². The first-order chi connectivity index (χ1) is 8.06. The summed E-state index contributed by atoms with van der Waals surface area (Å²) in [5.74, 6) is 0. The predicted molar refractivity (Wildman–Crippen MR) is 81.2 cm³/mol. The van der Waals surface area contributed by atoms with Gasteiger partial charge < -0.3 is 0 Å². The first kappa shape index (κ1) is 13.7. The van der Waals surface area contributed by atoms with E-state index < -0.39 is 0 Å². The second-order valence-electron chi connectivity index (χ2n) is 3.58. The summed E-state index contributed by atoms with van der Waals surface area (Å²) < 4.78 is 1.44. The Balaban J connectivity index is 2.16. The summed E-state index contributed by atoms with van der Waals surface area (Å²) >= 11 is 23.0. The van der Waals surface area contributed by atoms with Gasteiger partial charge in [-0.25, -0.2) is 0 Å². The summed E-state index contributed by atoms with van der Waals surface area (Å²) in [4.78, 5) is 0.150. The highest BCUT2D eigenvalue weighted by atomic mass is 79.9. The molecule has 0 nitrogen and oxygen atoms in total. The van der Waals surface area contributed by atoms with E-state index in [2.05, 4.69) is 15.9 Å². The van der Waals surface area contributed by atoms with Gasteiger partial charge in [-0.3, -0.25) is 0 Å². The van der Waals surface area contributed by atoms with Crippen molar-refractivity contribution in [1.29, 1.82) is 0 Å². The fourth-order valence-electron chi connectivity index (χ4n) is 1.55. The van der Waals surface area contributed by atoms with E-state index in [0.717, 1.165) is 26.9 Å². The quantitative estimate of drug-likeness (QED) is 0.549. The maximum absolute atomic E-state index is 6.12. The van der Waals surface area contributed by atoms with Crippen molar-refractivity contribution in [2.75, 3.05) is 0 Å². The van der Waals surface area contributed by atoms with Crippen molar-refractivity contribution < 1.29 is 0 Å². The van der Waals surface area contributed by atoms with E-state index in [1.165, 1.54) is 11.3 Å². The summed E-state index contributed by atoms with van der Waals surface area (Å²) in [5, 5.41) is 0.747. The summed E-state index contributed by atoms with van der Waals surface area (Å²) in [7, 11) is 0. The molecule has 0 saturated carbocycles. The van der Waals surface area contributed by atoms with Gasteiger partial charge in [0.25, 0.3) is 0 Å². The van der Waals surface area contributed by atoms with Gasteiger partial charge in [0.05, 0.1) is 8.67 Å². The van der Waals surface area contributed by atoms with Gasteiger partial charge in [0, 0.05) is 9.85 Å². The van der Waals surface area contributed by atoms with Crippen LogP contribution in [0.25, 0.3) is 0 Å². The van der Waals surface area contributed by atoms with Crippen molar-refractivity contribution in [2.24, 2.45) is 0 Å². The van der Waals surface area contributed by atoms with Crippen LogP contribution in [-0.2, 0) is 6.42 Å². The third kappa shape index (κ3) is 3.62. The Hall–Kier alpha value is 0.270. The molecule has 1 heterocycles. The molecule has 0 radical (unpaired) electrons. The highest BCUT2D eigenvalue weighted by molar-refractivity contribution is 9.09.